The van der Waals surface area contributed by atoms with Crippen molar-refractivity contribution in [2.45, 2.75) is 64.1 Å². The van der Waals surface area contributed by atoms with Gasteiger partial charge in [-0.3, -0.25) is 10.4 Å². The number of rotatable bonds is 5. The first-order valence-corrected chi connectivity index (χ1v) is 12.0. The van der Waals surface area contributed by atoms with Crippen LogP contribution >= 0.6 is 0 Å². The molecule has 3 aromatic rings. The zero-order valence-corrected chi connectivity index (χ0v) is 19.8. The van der Waals surface area contributed by atoms with E-state index in [2.05, 4.69) is 63.0 Å². The summed E-state index contributed by atoms with van der Waals surface area (Å²) in [7, 11) is 0. The molecule has 0 bridgehead atoms. The Kier molecular flexibility index (Phi) is 6.27. The fourth-order valence-corrected chi connectivity index (χ4v) is 4.91. The monoisotopic (exact) mass is 482 g/mol. The van der Waals surface area contributed by atoms with Gasteiger partial charge in [-0.1, -0.05) is 38.5 Å². The summed E-state index contributed by atoms with van der Waals surface area (Å²) in [6.45, 7) is 5.25. The fraction of sp³-hybridized carbons (Fsp3) is 0.385. The van der Waals surface area contributed by atoms with Crippen LogP contribution in [0.3, 0.4) is 0 Å². The van der Waals surface area contributed by atoms with Crippen molar-refractivity contribution in [3.63, 3.8) is 0 Å². The van der Waals surface area contributed by atoms with Crippen LogP contribution in [0, 0.1) is 0 Å². The summed E-state index contributed by atoms with van der Waals surface area (Å²) < 4.78 is 42.0. The Bertz CT molecular complexity index is 1240. The van der Waals surface area contributed by atoms with Crippen LogP contribution in [0.5, 0.6) is 0 Å². The highest BCUT2D eigenvalue weighted by Gasteiger charge is 2.39. The lowest BCUT2D eigenvalue weighted by Gasteiger charge is -2.20. The van der Waals surface area contributed by atoms with E-state index >= 15 is 0 Å². The topological polar surface area (TPSA) is 66.8 Å². The summed E-state index contributed by atoms with van der Waals surface area (Å²) in [5.74, 6) is 0.877. The van der Waals surface area contributed by atoms with Gasteiger partial charge in [0.2, 0.25) is 0 Å². The maximum Gasteiger partial charge on any atom is 0.434 e. The zero-order valence-electron chi connectivity index (χ0n) is 19.8. The van der Waals surface area contributed by atoms with Crippen LogP contribution in [0.25, 0.3) is 17.1 Å². The first-order valence-electron chi connectivity index (χ1n) is 12.0. The molecule has 184 valence electrons. The maximum atomic E-state index is 13.3. The van der Waals surface area contributed by atoms with Gasteiger partial charge in [0.1, 0.15) is 5.69 Å². The number of fused-ring (bicyclic) bond motifs is 1. The third kappa shape index (κ3) is 4.91. The minimum absolute atomic E-state index is 0.0726. The molecule has 0 saturated carbocycles. The highest BCUT2D eigenvalue weighted by molar-refractivity contribution is 5.71. The largest absolute Gasteiger partial charge is 0.434 e. The predicted octanol–water partition coefficient (Wildman–Crippen LogP) is 5.42. The number of allylic oxidation sites excluding steroid dienone is 1. The molecular formula is C26H29F3N6. The lowest BCUT2D eigenvalue weighted by atomic mass is 9.88. The average molecular weight is 483 g/mol. The van der Waals surface area contributed by atoms with Crippen LogP contribution in [0.2, 0.25) is 0 Å². The first-order chi connectivity index (χ1) is 16.8. The van der Waals surface area contributed by atoms with E-state index in [9.17, 15) is 13.2 Å². The molecule has 3 heterocycles. The molecule has 9 heteroatoms. The SMILES string of the molecule is CC(C)c1ccc2c(c1)[C@@H](Cn1cnc(-c3cc(C4=C(C(F)(F)F)NNN4)ccn3)c1)CCCC2. The van der Waals surface area contributed by atoms with Gasteiger partial charge in [-0.25, -0.2) is 4.98 Å². The molecule has 2 aliphatic rings. The number of alkyl halides is 3. The summed E-state index contributed by atoms with van der Waals surface area (Å²) in [6, 6.07) is 10.1. The van der Waals surface area contributed by atoms with Crippen molar-refractivity contribution in [3.8, 4) is 11.4 Å². The van der Waals surface area contributed by atoms with Crippen LogP contribution < -0.4 is 16.4 Å². The number of imidazole rings is 1. The predicted molar refractivity (Wildman–Crippen MR) is 129 cm³/mol. The molecule has 0 spiro atoms. The Morgan fingerprint density at radius 1 is 1.06 bits per heavy atom. The number of nitrogens with zero attached hydrogens (tertiary/aromatic N) is 3. The Labute approximate surface area is 202 Å². The third-order valence-corrected chi connectivity index (χ3v) is 6.81. The standard InChI is InChI=1S/C26H29F3N6/c1-16(2)18-8-7-17-5-3-4-6-20(21(17)11-18)13-35-14-23(31-15-35)22-12-19(9-10-30-22)24-25(26(27,28)29)33-34-32-24/h7-12,14-16,20,32-34H,3-6,13H2,1-2H3/t20-/m1/s1. The molecule has 6 nitrogen and oxygen atoms in total. The molecule has 1 aromatic carbocycles. The summed E-state index contributed by atoms with van der Waals surface area (Å²) in [4.78, 5) is 8.89. The number of nitrogens with one attached hydrogen (secondary N) is 3. The van der Waals surface area contributed by atoms with E-state index < -0.39 is 11.9 Å². The molecule has 35 heavy (non-hydrogen) atoms. The van der Waals surface area contributed by atoms with Gasteiger partial charge >= 0.3 is 6.18 Å². The molecule has 1 aliphatic heterocycles. The molecular weight excluding hydrogens is 453 g/mol. The van der Waals surface area contributed by atoms with E-state index in [1.54, 1.807) is 12.4 Å². The van der Waals surface area contributed by atoms with Crippen LogP contribution in [-0.2, 0) is 13.0 Å². The summed E-state index contributed by atoms with van der Waals surface area (Å²) in [5.41, 5.74) is 11.8. The second-order valence-corrected chi connectivity index (χ2v) is 9.56. The minimum atomic E-state index is -4.51. The van der Waals surface area contributed by atoms with Gasteiger partial charge in [-0.05, 0) is 54.0 Å². The van der Waals surface area contributed by atoms with Crippen LogP contribution in [0.1, 0.15) is 67.2 Å². The number of hydrogen-bond donors (Lipinski definition) is 3. The average Bonchev–Trinajstić information content (AvgIpc) is 3.47. The van der Waals surface area contributed by atoms with Gasteiger partial charge in [-0.15, -0.1) is 5.53 Å². The van der Waals surface area contributed by atoms with E-state index in [1.807, 2.05) is 6.20 Å². The number of aromatic nitrogens is 3. The van der Waals surface area contributed by atoms with Crippen LogP contribution in [-0.4, -0.2) is 20.7 Å². The third-order valence-electron chi connectivity index (χ3n) is 6.81. The molecule has 0 saturated heterocycles. The van der Waals surface area contributed by atoms with Crippen molar-refractivity contribution in [1.82, 2.24) is 30.9 Å². The molecule has 0 fully saturated rings. The van der Waals surface area contributed by atoms with Crippen molar-refractivity contribution >= 4 is 5.70 Å². The summed E-state index contributed by atoms with van der Waals surface area (Å²) in [6.07, 6.45) is 5.33. The Morgan fingerprint density at radius 3 is 2.71 bits per heavy atom. The molecule has 1 aliphatic carbocycles. The number of benzene rings is 1. The van der Waals surface area contributed by atoms with E-state index in [1.165, 1.54) is 41.8 Å². The fourth-order valence-electron chi connectivity index (χ4n) is 4.91. The number of hydrogen-bond acceptors (Lipinski definition) is 5. The molecule has 0 amide bonds. The van der Waals surface area contributed by atoms with Crippen molar-refractivity contribution in [2.24, 2.45) is 0 Å². The number of pyridine rings is 1. The second kappa shape index (κ2) is 9.37. The smallest absolute Gasteiger partial charge is 0.336 e. The molecule has 0 unspecified atom stereocenters. The van der Waals surface area contributed by atoms with Gasteiger partial charge in [0.25, 0.3) is 0 Å². The quantitative estimate of drug-likeness (QED) is 0.424. The second-order valence-electron chi connectivity index (χ2n) is 9.56. The highest BCUT2D eigenvalue weighted by atomic mass is 19.4. The molecule has 5 rings (SSSR count). The van der Waals surface area contributed by atoms with E-state index in [-0.39, 0.29) is 5.70 Å². The Balaban J connectivity index is 1.40. The lowest BCUT2D eigenvalue weighted by Crippen LogP contribution is -2.35. The summed E-state index contributed by atoms with van der Waals surface area (Å²) >= 11 is 0. The molecule has 1 atom stereocenters. The van der Waals surface area contributed by atoms with Gasteiger partial charge in [0.05, 0.1) is 17.7 Å². The highest BCUT2D eigenvalue weighted by Crippen LogP contribution is 2.35. The number of aryl methyl sites for hydroxylation is 1. The minimum Gasteiger partial charge on any atom is -0.336 e. The number of hydrazine groups is 2. The van der Waals surface area contributed by atoms with Crippen LogP contribution in [0.15, 0.2) is 54.7 Å². The van der Waals surface area contributed by atoms with Gasteiger partial charge in [0, 0.05) is 30.4 Å². The van der Waals surface area contributed by atoms with Crippen LogP contribution in [0.4, 0.5) is 13.2 Å². The van der Waals surface area contributed by atoms with Crippen molar-refractivity contribution < 1.29 is 13.2 Å². The lowest BCUT2D eigenvalue weighted by molar-refractivity contribution is -0.0959. The van der Waals surface area contributed by atoms with Gasteiger partial charge in [0.15, 0.2) is 5.70 Å². The zero-order chi connectivity index (χ0) is 24.6. The number of halogens is 3. The Hall–Kier alpha value is -3.33. The van der Waals surface area contributed by atoms with E-state index in [0.717, 1.165) is 19.4 Å². The van der Waals surface area contributed by atoms with Crippen molar-refractivity contribution in [2.75, 3.05) is 0 Å². The van der Waals surface area contributed by atoms with Crippen molar-refractivity contribution in [3.05, 3.63) is 77.0 Å². The first kappa shape index (κ1) is 23.4. The molecule has 2 aromatic heterocycles. The van der Waals surface area contributed by atoms with Gasteiger partial charge in [-0.2, -0.15) is 13.2 Å². The molecule has 0 radical (unpaired) electrons. The van der Waals surface area contributed by atoms with Crippen molar-refractivity contribution in [1.29, 1.82) is 0 Å². The van der Waals surface area contributed by atoms with E-state index in [4.69, 9.17) is 0 Å². The maximum absolute atomic E-state index is 13.3. The Morgan fingerprint density at radius 2 is 1.91 bits per heavy atom. The normalized spacial score (nSPS) is 18.3. The van der Waals surface area contributed by atoms with Gasteiger partial charge < -0.3 is 9.99 Å². The molecule has 3 N–H and O–H groups in total. The van der Waals surface area contributed by atoms with E-state index in [0.29, 0.717) is 28.8 Å². The summed E-state index contributed by atoms with van der Waals surface area (Å²) in [5, 5.41) is 0.